The zero-order valence-corrected chi connectivity index (χ0v) is 10.1. The van der Waals surface area contributed by atoms with Gasteiger partial charge in [-0.25, -0.2) is 0 Å². The molecule has 4 heteroatoms. The predicted molar refractivity (Wildman–Crippen MR) is 65.9 cm³/mol. The van der Waals surface area contributed by atoms with Gasteiger partial charge in [-0.15, -0.1) is 11.8 Å². The van der Waals surface area contributed by atoms with Crippen LogP contribution >= 0.6 is 11.8 Å². The largest absolute Gasteiger partial charge is 0.282 e. The first-order valence-electron chi connectivity index (χ1n) is 5.58. The van der Waals surface area contributed by atoms with Crippen LogP contribution in [0.4, 0.5) is 5.69 Å². The Morgan fingerprint density at radius 1 is 1.38 bits per heavy atom. The van der Waals surface area contributed by atoms with Gasteiger partial charge in [0.25, 0.3) is 5.69 Å². The molecule has 0 unspecified atom stereocenters. The summed E-state index contributed by atoms with van der Waals surface area (Å²) in [6.07, 6.45) is 4.90. The lowest BCUT2D eigenvalue weighted by atomic mass is 10.2. The lowest BCUT2D eigenvalue weighted by molar-refractivity contribution is -0.387. The Morgan fingerprint density at radius 2 is 2.06 bits per heavy atom. The highest BCUT2D eigenvalue weighted by Gasteiger charge is 2.21. The summed E-state index contributed by atoms with van der Waals surface area (Å²) in [6.45, 7) is 1.97. The van der Waals surface area contributed by atoms with Crippen LogP contribution in [0, 0.1) is 17.0 Å². The number of hydrogen-bond donors (Lipinski definition) is 0. The molecule has 1 aliphatic rings. The van der Waals surface area contributed by atoms with E-state index in [9.17, 15) is 10.1 Å². The average Bonchev–Trinajstić information content (AvgIpc) is 2.70. The van der Waals surface area contributed by atoms with E-state index in [1.165, 1.54) is 25.7 Å². The van der Waals surface area contributed by atoms with E-state index in [2.05, 4.69) is 0 Å². The molecule has 0 radical (unpaired) electrons. The van der Waals surface area contributed by atoms with E-state index in [0.29, 0.717) is 5.25 Å². The van der Waals surface area contributed by atoms with Crippen LogP contribution < -0.4 is 0 Å². The summed E-state index contributed by atoms with van der Waals surface area (Å²) in [5, 5.41) is 11.5. The fourth-order valence-corrected chi connectivity index (χ4v) is 3.50. The summed E-state index contributed by atoms with van der Waals surface area (Å²) >= 11 is 1.68. The number of nitrogens with zero attached hydrogens (tertiary/aromatic N) is 1. The van der Waals surface area contributed by atoms with Crippen LogP contribution in [-0.4, -0.2) is 10.2 Å². The maximum Gasteiger partial charge on any atom is 0.282 e. The van der Waals surface area contributed by atoms with Crippen molar-refractivity contribution in [2.24, 2.45) is 0 Å². The van der Waals surface area contributed by atoms with Crippen LogP contribution in [0.2, 0.25) is 0 Å². The van der Waals surface area contributed by atoms with Crippen LogP contribution in [0.1, 0.15) is 31.2 Å². The topological polar surface area (TPSA) is 43.1 Å². The van der Waals surface area contributed by atoms with Gasteiger partial charge in [0.05, 0.1) is 9.82 Å². The Morgan fingerprint density at radius 3 is 2.69 bits per heavy atom. The summed E-state index contributed by atoms with van der Waals surface area (Å²) in [6, 6.07) is 5.35. The van der Waals surface area contributed by atoms with Gasteiger partial charge in [-0.05, 0) is 31.4 Å². The number of benzene rings is 1. The van der Waals surface area contributed by atoms with E-state index < -0.39 is 0 Å². The fourth-order valence-electron chi connectivity index (χ4n) is 2.05. The van der Waals surface area contributed by atoms with Crippen molar-refractivity contribution in [2.75, 3.05) is 0 Å². The zero-order chi connectivity index (χ0) is 11.5. The fraction of sp³-hybridized carbons (Fsp3) is 0.500. The van der Waals surface area contributed by atoms with Crippen molar-refractivity contribution in [3.05, 3.63) is 33.9 Å². The van der Waals surface area contributed by atoms with E-state index in [1.807, 2.05) is 13.0 Å². The molecule has 1 aliphatic carbocycles. The van der Waals surface area contributed by atoms with Crippen LogP contribution in [0.15, 0.2) is 23.1 Å². The Labute approximate surface area is 99.4 Å². The Kier molecular flexibility index (Phi) is 3.49. The highest BCUT2D eigenvalue weighted by Crippen LogP contribution is 2.39. The molecule has 0 atom stereocenters. The molecule has 0 saturated heterocycles. The first-order valence-corrected chi connectivity index (χ1v) is 6.46. The number of aryl methyl sites for hydroxylation is 1. The molecule has 3 nitrogen and oxygen atoms in total. The normalized spacial score (nSPS) is 16.6. The minimum Gasteiger partial charge on any atom is -0.258 e. The van der Waals surface area contributed by atoms with E-state index in [0.717, 1.165) is 10.5 Å². The molecule has 2 rings (SSSR count). The van der Waals surface area contributed by atoms with Crippen molar-refractivity contribution < 1.29 is 4.92 Å². The molecule has 1 fully saturated rings. The van der Waals surface area contributed by atoms with Crippen LogP contribution in [0.5, 0.6) is 0 Å². The minimum absolute atomic E-state index is 0.252. The van der Waals surface area contributed by atoms with Crippen LogP contribution in [-0.2, 0) is 0 Å². The van der Waals surface area contributed by atoms with E-state index >= 15 is 0 Å². The maximum absolute atomic E-state index is 10.9. The molecule has 0 amide bonds. The van der Waals surface area contributed by atoms with Crippen molar-refractivity contribution in [3.63, 3.8) is 0 Å². The monoisotopic (exact) mass is 237 g/mol. The molecular formula is C12H15NO2S. The number of thioether (sulfide) groups is 1. The van der Waals surface area contributed by atoms with Gasteiger partial charge in [-0.1, -0.05) is 18.9 Å². The van der Waals surface area contributed by atoms with Crippen molar-refractivity contribution in [1.82, 2.24) is 0 Å². The smallest absolute Gasteiger partial charge is 0.258 e. The van der Waals surface area contributed by atoms with E-state index in [4.69, 9.17) is 0 Å². The lowest BCUT2D eigenvalue weighted by Gasteiger charge is -2.09. The number of nitro groups is 1. The summed E-state index contributed by atoms with van der Waals surface area (Å²) in [4.78, 5) is 11.4. The molecular weight excluding hydrogens is 222 g/mol. The highest BCUT2D eigenvalue weighted by atomic mass is 32.2. The van der Waals surface area contributed by atoms with Crippen molar-refractivity contribution in [1.29, 1.82) is 0 Å². The van der Waals surface area contributed by atoms with Crippen LogP contribution in [0.25, 0.3) is 0 Å². The standard InChI is InChI=1S/C12H15NO2S/c1-9-6-7-11(13(14)15)12(8-9)16-10-4-2-3-5-10/h6-8,10H,2-5H2,1H3. The second-order valence-electron chi connectivity index (χ2n) is 4.25. The zero-order valence-electron chi connectivity index (χ0n) is 9.31. The second kappa shape index (κ2) is 4.87. The molecule has 0 N–H and O–H groups in total. The molecule has 0 spiro atoms. The minimum atomic E-state index is -0.281. The Bertz CT molecular complexity index is 400. The average molecular weight is 237 g/mol. The molecule has 1 saturated carbocycles. The number of rotatable bonds is 3. The van der Waals surface area contributed by atoms with Gasteiger partial charge >= 0.3 is 0 Å². The molecule has 0 heterocycles. The summed E-state index contributed by atoms with van der Waals surface area (Å²) in [7, 11) is 0. The highest BCUT2D eigenvalue weighted by molar-refractivity contribution is 8.00. The van der Waals surface area contributed by atoms with E-state index in [-0.39, 0.29) is 10.6 Å². The van der Waals surface area contributed by atoms with Crippen LogP contribution in [0.3, 0.4) is 0 Å². The summed E-state index contributed by atoms with van der Waals surface area (Å²) in [5.41, 5.74) is 1.34. The summed E-state index contributed by atoms with van der Waals surface area (Å²) in [5.74, 6) is 0. The van der Waals surface area contributed by atoms with Crippen molar-refractivity contribution in [2.45, 2.75) is 42.8 Å². The number of nitro benzene ring substituents is 1. The van der Waals surface area contributed by atoms with Gasteiger partial charge in [0.15, 0.2) is 0 Å². The van der Waals surface area contributed by atoms with Crippen molar-refractivity contribution in [3.8, 4) is 0 Å². The third kappa shape index (κ3) is 2.55. The van der Waals surface area contributed by atoms with Gasteiger partial charge in [-0.3, -0.25) is 10.1 Å². The molecule has 86 valence electrons. The SMILES string of the molecule is Cc1ccc([N+](=O)[O-])c(SC2CCCC2)c1. The van der Waals surface area contributed by atoms with Gasteiger partial charge < -0.3 is 0 Å². The summed E-state index contributed by atoms with van der Waals surface area (Å²) < 4.78 is 0. The van der Waals surface area contributed by atoms with Gasteiger partial charge in [0.2, 0.25) is 0 Å². The van der Waals surface area contributed by atoms with Gasteiger partial charge in [-0.2, -0.15) is 0 Å². The van der Waals surface area contributed by atoms with E-state index in [1.54, 1.807) is 23.9 Å². The second-order valence-corrected chi connectivity index (χ2v) is 5.59. The number of hydrogen-bond acceptors (Lipinski definition) is 3. The molecule has 0 aromatic heterocycles. The molecule has 1 aromatic carbocycles. The quantitative estimate of drug-likeness (QED) is 0.590. The molecule has 16 heavy (non-hydrogen) atoms. The maximum atomic E-state index is 10.9. The van der Waals surface area contributed by atoms with Crippen molar-refractivity contribution >= 4 is 17.4 Å². The Hall–Kier alpha value is -1.03. The molecule has 0 aliphatic heterocycles. The molecule has 0 bridgehead atoms. The molecule has 1 aromatic rings. The first kappa shape index (κ1) is 11.5. The van der Waals surface area contributed by atoms with Gasteiger partial charge in [0, 0.05) is 11.3 Å². The lowest BCUT2D eigenvalue weighted by Crippen LogP contribution is -1.97. The first-order chi connectivity index (χ1) is 7.66. The third-order valence-corrected chi connectivity index (χ3v) is 4.29. The van der Waals surface area contributed by atoms with Gasteiger partial charge in [0.1, 0.15) is 0 Å². The predicted octanol–water partition coefficient (Wildman–Crippen LogP) is 3.94. The Balaban J connectivity index is 2.22. The third-order valence-electron chi connectivity index (χ3n) is 2.91.